The fourth-order valence-electron chi connectivity index (χ4n) is 2.94. The number of rotatable bonds is 5. The number of hydrogen-bond donors (Lipinski definition) is 2. The SMILES string of the molecule is CCC(C)NC(=O)c1nc(C(=O)Nc2c(C)cccc2C)c2ccccn12. The summed E-state index contributed by atoms with van der Waals surface area (Å²) < 4.78 is 1.65. The highest BCUT2D eigenvalue weighted by Gasteiger charge is 2.22. The van der Waals surface area contributed by atoms with E-state index in [1.54, 1.807) is 16.7 Å². The lowest BCUT2D eigenvalue weighted by Gasteiger charge is -2.10. The lowest BCUT2D eigenvalue weighted by molar-refractivity contribution is 0.0928. The highest BCUT2D eigenvalue weighted by atomic mass is 16.2. The summed E-state index contributed by atoms with van der Waals surface area (Å²) in [5.74, 6) is -0.423. The van der Waals surface area contributed by atoms with Gasteiger partial charge in [0.25, 0.3) is 11.8 Å². The average molecular weight is 364 g/mol. The Kier molecular flexibility index (Phi) is 5.26. The fraction of sp³-hybridized carbons (Fsp3) is 0.286. The van der Waals surface area contributed by atoms with Crippen molar-refractivity contribution in [3.8, 4) is 0 Å². The Bertz CT molecular complexity index is 986. The summed E-state index contributed by atoms with van der Waals surface area (Å²) in [6.45, 7) is 7.82. The van der Waals surface area contributed by atoms with Crippen LogP contribution in [0.1, 0.15) is 52.5 Å². The molecule has 3 rings (SSSR count). The second-order valence-corrected chi connectivity index (χ2v) is 6.74. The van der Waals surface area contributed by atoms with Gasteiger partial charge in [-0.1, -0.05) is 31.2 Å². The van der Waals surface area contributed by atoms with Gasteiger partial charge in [0.1, 0.15) is 0 Å². The Labute approximate surface area is 158 Å². The van der Waals surface area contributed by atoms with E-state index >= 15 is 0 Å². The standard InChI is InChI=1S/C21H24N4O2/c1-5-15(4)22-21(27)19-23-18(16-11-6-7-12-25(16)19)20(26)24-17-13(2)9-8-10-14(17)3/h6-12,15H,5H2,1-4H3,(H,22,27)(H,24,26). The molecule has 27 heavy (non-hydrogen) atoms. The molecule has 0 radical (unpaired) electrons. The summed E-state index contributed by atoms with van der Waals surface area (Å²) in [7, 11) is 0. The monoisotopic (exact) mass is 364 g/mol. The molecule has 2 heterocycles. The Morgan fingerprint density at radius 2 is 1.78 bits per heavy atom. The van der Waals surface area contributed by atoms with Gasteiger partial charge in [-0.3, -0.25) is 14.0 Å². The Balaban J connectivity index is 2.00. The third-order valence-electron chi connectivity index (χ3n) is 4.68. The van der Waals surface area contributed by atoms with Crippen LogP contribution in [0, 0.1) is 13.8 Å². The summed E-state index contributed by atoms with van der Waals surface area (Å²) in [5, 5.41) is 5.85. The van der Waals surface area contributed by atoms with E-state index in [1.807, 2.05) is 58.0 Å². The molecule has 6 nitrogen and oxygen atoms in total. The van der Waals surface area contributed by atoms with Crippen LogP contribution in [-0.4, -0.2) is 27.2 Å². The van der Waals surface area contributed by atoms with Crippen LogP contribution in [0.5, 0.6) is 0 Å². The van der Waals surface area contributed by atoms with Gasteiger partial charge in [0.2, 0.25) is 5.82 Å². The molecule has 0 aliphatic heterocycles. The van der Waals surface area contributed by atoms with E-state index in [2.05, 4.69) is 15.6 Å². The first-order valence-corrected chi connectivity index (χ1v) is 9.07. The van der Waals surface area contributed by atoms with Crippen molar-refractivity contribution in [3.63, 3.8) is 0 Å². The zero-order valence-corrected chi connectivity index (χ0v) is 16.0. The van der Waals surface area contributed by atoms with Crippen LogP contribution in [0.2, 0.25) is 0 Å². The molecule has 0 fully saturated rings. The van der Waals surface area contributed by atoms with E-state index < -0.39 is 0 Å². The third-order valence-corrected chi connectivity index (χ3v) is 4.68. The number of carbonyl (C=O) groups is 2. The highest BCUT2D eigenvalue weighted by molar-refractivity contribution is 6.09. The van der Waals surface area contributed by atoms with Gasteiger partial charge >= 0.3 is 0 Å². The van der Waals surface area contributed by atoms with Gasteiger partial charge in [0.05, 0.1) is 5.52 Å². The van der Waals surface area contributed by atoms with Crippen LogP contribution >= 0.6 is 0 Å². The molecule has 0 aliphatic carbocycles. The number of imidazole rings is 1. The van der Waals surface area contributed by atoms with Crippen molar-refractivity contribution in [2.45, 2.75) is 40.2 Å². The molecule has 1 aromatic carbocycles. The predicted molar refractivity (Wildman–Crippen MR) is 106 cm³/mol. The van der Waals surface area contributed by atoms with Gasteiger partial charge < -0.3 is 10.6 Å². The number of nitrogens with one attached hydrogen (secondary N) is 2. The number of benzene rings is 1. The molecule has 3 aromatic rings. The molecule has 1 atom stereocenters. The Morgan fingerprint density at radius 1 is 1.07 bits per heavy atom. The number of anilines is 1. The van der Waals surface area contributed by atoms with E-state index in [-0.39, 0.29) is 29.4 Å². The predicted octanol–water partition coefficient (Wildman–Crippen LogP) is 3.73. The second kappa shape index (κ2) is 7.61. The quantitative estimate of drug-likeness (QED) is 0.724. The lowest BCUT2D eigenvalue weighted by Crippen LogP contribution is -2.33. The van der Waals surface area contributed by atoms with Crippen molar-refractivity contribution in [1.82, 2.24) is 14.7 Å². The Hall–Kier alpha value is -3.15. The minimum absolute atomic E-state index is 0.0282. The molecule has 0 spiro atoms. The summed E-state index contributed by atoms with van der Waals surface area (Å²) in [6.07, 6.45) is 2.55. The topological polar surface area (TPSA) is 75.5 Å². The number of nitrogens with zero attached hydrogens (tertiary/aromatic N) is 2. The fourth-order valence-corrected chi connectivity index (χ4v) is 2.94. The smallest absolute Gasteiger partial charge is 0.287 e. The van der Waals surface area contributed by atoms with E-state index in [0.29, 0.717) is 5.52 Å². The maximum atomic E-state index is 12.9. The molecule has 2 N–H and O–H groups in total. The summed E-state index contributed by atoms with van der Waals surface area (Å²) in [6, 6.07) is 11.3. The molecule has 0 saturated heterocycles. The minimum Gasteiger partial charge on any atom is -0.347 e. The van der Waals surface area contributed by atoms with Crippen molar-refractivity contribution in [3.05, 3.63) is 65.2 Å². The summed E-state index contributed by atoms with van der Waals surface area (Å²) >= 11 is 0. The number of aromatic nitrogens is 2. The first-order chi connectivity index (χ1) is 12.9. The maximum Gasteiger partial charge on any atom is 0.287 e. The van der Waals surface area contributed by atoms with Gasteiger partial charge in [-0.15, -0.1) is 0 Å². The highest BCUT2D eigenvalue weighted by Crippen LogP contribution is 2.21. The molecule has 140 valence electrons. The third kappa shape index (κ3) is 3.69. The second-order valence-electron chi connectivity index (χ2n) is 6.74. The molecular formula is C21H24N4O2. The molecule has 1 unspecified atom stereocenters. The molecular weight excluding hydrogens is 340 g/mol. The minimum atomic E-state index is -0.335. The van der Waals surface area contributed by atoms with E-state index in [9.17, 15) is 9.59 Å². The first kappa shape index (κ1) is 18.6. The molecule has 6 heteroatoms. The van der Waals surface area contributed by atoms with Crippen molar-refractivity contribution < 1.29 is 9.59 Å². The summed E-state index contributed by atoms with van der Waals surface area (Å²) in [5.41, 5.74) is 3.54. The van der Waals surface area contributed by atoms with E-state index in [4.69, 9.17) is 0 Å². The van der Waals surface area contributed by atoms with Crippen LogP contribution in [0.4, 0.5) is 5.69 Å². The molecule has 2 amide bonds. The van der Waals surface area contributed by atoms with Crippen molar-refractivity contribution >= 4 is 23.0 Å². The number of aryl methyl sites for hydroxylation is 2. The normalized spacial score (nSPS) is 12.0. The zero-order chi connectivity index (χ0) is 19.6. The van der Waals surface area contributed by atoms with Crippen LogP contribution in [0.25, 0.3) is 5.52 Å². The molecule has 0 bridgehead atoms. The van der Waals surface area contributed by atoms with Gasteiger partial charge in [-0.05, 0) is 50.5 Å². The Morgan fingerprint density at radius 3 is 2.44 bits per heavy atom. The van der Waals surface area contributed by atoms with Crippen molar-refractivity contribution in [2.75, 3.05) is 5.32 Å². The number of para-hydroxylation sites is 1. The van der Waals surface area contributed by atoms with Crippen molar-refractivity contribution in [2.24, 2.45) is 0 Å². The zero-order valence-electron chi connectivity index (χ0n) is 16.0. The number of pyridine rings is 1. The maximum absolute atomic E-state index is 12.9. The van der Waals surface area contributed by atoms with Gasteiger partial charge in [0, 0.05) is 17.9 Å². The number of amides is 2. The van der Waals surface area contributed by atoms with Crippen LogP contribution < -0.4 is 10.6 Å². The van der Waals surface area contributed by atoms with Crippen molar-refractivity contribution in [1.29, 1.82) is 0 Å². The molecule has 0 aliphatic rings. The van der Waals surface area contributed by atoms with Gasteiger partial charge in [-0.2, -0.15) is 0 Å². The number of hydrogen-bond acceptors (Lipinski definition) is 3. The van der Waals surface area contributed by atoms with Gasteiger partial charge in [-0.25, -0.2) is 4.98 Å². The van der Waals surface area contributed by atoms with Gasteiger partial charge in [0.15, 0.2) is 5.69 Å². The van der Waals surface area contributed by atoms with Crippen LogP contribution in [-0.2, 0) is 0 Å². The molecule has 2 aromatic heterocycles. The van der Waals surface area contributed by atoms with Crippen LogP contribution in [0.15, 0.2) is 42.6 Å². The number of fused-ring (bicyclic) bond motifs is 1. The average Bonchev–Trinajstić information content (AvgIpc) is 3.04. The van der Waals surface area contributed by atoms with E-state index in [1.165, 1.54) is 0 Å². The largest absolute Gasteiger partial charge is 0.347 e. The first-order valence-electron chi connectivity index (χ1n) is 9.07. The lowest BCUT2D eigenvalue weighted by atomic mass is 10.1. The number of carbonyl (C=O) groups excluding carboxylic acids is 2. The van der Waals surface area contributed by atoms with E-state index in [0.717, 1.165) is 23.2 Å². The summed E-state index contributed by atoms with van der Waals surface area (Å²) in [4.78, 5) is 29.9. The molecule has 0 saturated carbocycles. The van der Waals surface area contributed by atoms with Crippen LogP contribution in [0.3, 0.4) is 0 Å².